The molecule has 0 radical (unpaired) electrons. The predicted molar refractivity (Wildman–Crippen MR) is 151 cm³/mol. The van der Waals surface area contributed by atoms with Gasteiger partial charge < -0.3 is 10.2 Å². The minimum atomic E-state index is -1.49. The second-order valence-corrected chi connectivity index (χ2v) is 14.4. The highest BCUT2D eigenvalue weighted by Crippen LogP contribution is 2.61. The Hall–Kier alpha value is -0.750. The van der Waals surface area contributed by atoms with Crippen LogP contribution in [0.25, 0.3) is 0 Å². The molecule has 0 amide bonds. The molecule has 1 aromatic rings. The second-order valence-electron chi connectivity index (χ2n) is 10.3. The first-order valence-electron chi connectivity index (χ1n) is 14.5. The molecule has 0 bridgehead atoms. The van der Waals surface area contributed by atoms with Gasteiger partial charge in [0.05, 0.1) is 25.7 Å². The van der Waals surface area contributed by atoms with Crippen molar-refractivity contribution in [2.75, 3.05) is 18.5 Å². The van der Waals surface area contributed by atoms with Crippen LogP contribution in [0.1, 0.15) is 136 Å². The SMILES string of the molecule is CCCCCCCC[P+](CCCCCCCC)(CCCCCCCC)c1cc(O)ccc1O. The van der Waals surface area contributed by atoms with Crippen LogP contribution in [-0.4, -0.2) is 28.7 Å². The maximum atomic E-state index is 10.9. The van der Waals surface area contributed by atoms with Crippen LogP contribution in [0.2, 0.25) is 0 Å². The lowest BCUT2D eigenvalue weighted by Crippen LogP contribution is -2.21. The fourth-order valence-corrected chi connectivity index (χ4v) is 10.0. The van der Waals surface area contributed by atoms with Crippen molar-refractivity contribution in [1.82, 2.24) is 0 Å². The highest BCUT2D eigenvalue weighted by atomic mass is 31.2. The summed E-state index contributed by atoms with van der Waals surface area (Å²) in [5.41, 5.74) is 0. The van der Waals surface area contributed by atoms with Gasteiger partial charge in [-0.05, 0) is 50.7 Å². The Morgan fingerprint density at radius 3 is 1.27 bits per heavy atom. The number of aromatic hydroxyl groups is 2. The van der Waals surface area contributed by atoms with E-state index in [0.29, 0.717) is 11.5 Å². The molecule has 2 N–H and O–H groups in total. The lowest BCUT2D eigenvalue weighted by atomic mass is 10.1. The third kappa shape index (κ3) is 13.1. The summed E-state index contributed by atoms with van der Waals surface area (Å²) < 4.78 is 0. The Balaban J connectivity index is 2.91. The number of rotatable bonds is 22. The van der Waals surface area contributed by atoms with E-state index in [-0.39, 0.29) is 0 Å². The van der Waals surface area contributed by atoms with E-state index in [1.807, 2.05) is 6.07 Å². The summed E-state index contributed by atoms with van der Waals surface area (Å²) >= 11 is 0. The third-order valence-corrected chi connectivity index (χ3v) is 12.2. The number of benzene rings is 1. The van der Waals surface area contributed by atoms with Gasteiger partial charge in [0.1, 0.15) is 11.1 Å². The van der Waals surface area contributed by atoms with E-state index in [4.69, 9.17) is 0 Å². The smallest absolute Gasteiger partial charge is 0.158 e. The maximum absolute atomic E-state index is 10.9. The van der Waals surface area contributed by atoms with Crippen LogP contribution in [0, 0.1) is 0 Å². The number of phenols is 2. The minimum Gasteiger partial charge on any atom is -0.508 e. The van der Waals surface area contributed by atoms with Gasteiger partial charge in [-0.25, -0.2) is 0 Å². The van der Waals surface area contributed by atoms with Crippen molar-refractivity contribution in [2.24, 2.45) is 0 Å². The summed E-state index contributed by atoms with van der Waals surface area (Å²) in [5, 5.41) is 22.3. The Bertz CT molecular complexity index is 546. The monoisotopic (exact) mass is 479 g/mol. The molecule has 0 fully saturated rings. The molecule has 0 atom stereocenters. The summed E-state index contributed by atoms with van der Waals surface area (Å²) in [6, 6.07) is 5.31. The van der Waals surface area contributed by atoms with Gasteiger partial charge in [0.15, 0.2) is 5.75 Å². The molecule has 0 aliphatic rings. The topological polar surface area (TPSA) is 40.5 Å². The van der Waals surface area contributed by atoms with E-state index in [9.17, 15) is 10.2 Å². The number of unbranched alkanes of at least 4 members (excludes halogenated alkanes) is 15. The fraction of sp³-hybridized carbons (Fsp3) is 0.800. The molecule has 1 aromatic carbocycles. The highest BCUT2D eigenvalue weighted by molar-refractivity contribution is 7.83. The van der Waals surface area contributed by atoms with Crippen LogP contribution in [0.4, 0.5) is 0 Å². The van der Waals surface area contributed by atoms with Crippen LogP contribution in [0.3, 0.4) is 0 Å². The molecule has 1 rings (SSSR count). The Labute approximate surface area is 207 Å². The Kier molecular flexibility index (Phi) is 17.9. The van der Waals surface area contributed by atoms with Crippen molar-refractivity contribution in [3.8, 4) is 11.5 Å². The average Bonchev–Trinajstić information content (AvgIpc) is 2.81. The van der Waals surface area contributed by atoms with Crippen molar-refractivity contribution in [1.29, 1.82) is 0 Å². The molecule has 192 valence electrons. The van der Waals surface area contributed by atoms with Gasteiger partial charge in [-0.15, -0.1) is 0 Å². The first kappa shape index (κ1) is 30.3. The normalized spacial score (nSPS) is 11.8. The maximum Gasteiger partial charge on any atom is 0.158 e. The van der Waals surface area contributed by atoms with Crippen molar-refractivity contribution in [3.05, 3.63) is 18.2 Å². The lowest BCUT2D eigenvalue weighted by molar-refractivity contribution is 0.463. The summed E-state index contributed by atoms with van der Waals surface area (Å²) in [4.78, 5) is 0. The van der Waals surface area contributed by atoms with E-state index in [1.54, 1.807) is 12.1 Å². The molecule has 3 heteroatoms. The van der Waals surface area contributed by atoms with Crippen molar-refractivity contribution in [2.45, 2.75) is 136 Å². The molecule has 0 spiro atoms. The van der Waals surface area contributed by atoms with Gasteiger partial charge in [0.2, 0.25) is 0 Å². The van der Waals surface area contributed by atoms with Gasteiger partial charge >= 0.3 is 0 Å². The molecule has 0 aliphatic heterocycles. The summed E-state index contributed by atoms with van der Waals surface area (Å²) in [5.74, 6) is 0.755. The molecule has 2 nitrogen and oxygen atoms in total. The third-order valence-electron chi connectivity index (χ3n) is 7.29. The lowest BCUT2D eigenvalue weighted by Gasteiger charge is -2.29. The zero-order valence-corrected chi connectivity index (χ0v) is 23.3. The predicted octanol–water partition coefficient (Wildman–Crippen LogP) is 9.82. The molecule has 0 saturated carbocycles. The zero-order chi connectivity index (χ0) is 24.2. The van der Waals surface area contributed by atoms with Gasteiger partial charge in [-0.3, -0.25) is 0 Å². The van der Waals surface area contributed by atoms with Crippen LogP contribution >= 0.6 is 7.26 Å². The largest absolute Gasteiger partial charge is 0.508 e. The molecular weight excluding hydrogens is 423 g/mol. The molecule has 0 aliphatic carbocycles. The zero-order valence-electron chi connectivity index (χ0n) is 22.4. The summed E-state index contributed by atoms with van der Waals surface area (Å²) in [6.07, 6.45) is 27.5. The number of hydrogen-bond acceptors (Lipinski definition) is 2. The Morgan fingerprint density at radius 1 is 0.515 bits per heavy atom. The molecule has 0 heterocycles. The van der Waals surface area contributed by atoms with E-state index in [0.717, 1.165) is 5.30 Å². The van der Waals surface area contributed by atoms with Crippen LogP contribution in [0.5, 0.6) is 11.5 Å². The average molecular weight is 480 g/mol. The number of hydrogen-bond donors (Lipinski definition) is 2. The van der Waals surface area contributed by atoms with Crippen molar-refractivity contribution >= 4 is 12.6 Å². The number of phenolic OH excluding ortho intramolecular Hbond substituents is 2. The van der Waals surface area contributed by atoms with Gasteiger partial charge in [-0.1, -0.05) is 97.8 Å². The Morgan fingerprint density at radius 2 is 0.879 bits per heavy atom. The van der Waals surface area contributed by atoms with E-state index < -0.39 is 7.26 Å². The molecule has 33 heavy (non-hydrogen) atoms. The summed E-state index contributed by atoms with van der Waals surface area (Å²) in [7, 11) is -1.49. The molecular formula is C30H56O2P+. The van der Waals surface area contributed by atoms with E-state index in [1.165, 1.54) is 134 Å². The first-order chi connectivity index (χ1) is 16.1. The fourth-order valence-electron chi connectivity index (χ4n) is 5.17. The minimum absolute atomic E-state index is 0.320. The summed E-state index contributed by atoms with van der Waals surface area (Å²) in [6.45, 7) is 6.84. The van der Waals surface area contributed by atoms with E-state index >= 15 is 0 Å². The molecule has 0 aromatic heterocycles. The van der Waals surface area contributed by atoms with Crippen molar-refractivity contribution in [3.63, 3.8) is 0 Å². The van der Waals surface area contributed by atoms with Crippen molar-refractivity contribution < 1.29 is 10.2 Å². The quantitative estimate of drug-likeness (QED) is 0.0986. The first-order valence-corrected chi connectivity index (χ1v) is 16.8. The van der Waals surface area contributed by atoms with Gasteiger partial charge in [0.25, 0.3) is 0 Å². The van der Waals surface area contributed by atoms with Crippen LogP contribution in [-0.2, 0) is 0 Å². The van der Waals surface area contributed by atoms with Gasteiger partial charge in [0, 0.05) is 6.07 Å². The van der Waals surface area contributed by atoms with Gasteiger partial charge in [-0.2, -0.15) is 0 Å². The standard InChI is InChI=1S/C30H55O2P/c1-4-7-10-13-16-19-24-33(25-20-17-14-11-8-5-2,26-21-18-15-12-9-6-3)30-27-28(31)22-23-29(30)32/h22-23,27H,4-21,24-26H2,1-3H3,(H-,31,32)/p+1. The second kappa shape index (κ2) is 19.5. The highest BCUT2D eigenvalue weighted by Gasteiger charge is 2.41. The van der Waals surface area contributed by atoms with Crippen LogP contribution in [0.15, 0.2) is 18.2 Å². The molecule has 0 unspecified atom stereocenters. The van der Waals surface area contributed by atoms with E-state index in [2.05, 4.69) is 20.8 Å². The van der Waals surface area contributed by atoms with Crippen LogP contribution < -0.4 is 5.30 Å². The molecule has 0 saturated heterocycles.